The molecule has 0 bridgehead atoms. The number of piperazine rings is 1. The van der Waals surface area contributed by atoms with Gasteiger partial charge in [-0.15, -0.1) is 11.3 Å². The number of nitrogens with zero attached hydrogens (tertiary/aromatic N) is 3. The molecule has 18 heavy (non-hydrogen) atoms. The smallest absolute Gasteiger partial charge is 0.185 e. The number of hydrogen-bond acceptors (Lipinski definition) is 5. The predicted octanol–water partition coefficient (Wildman–Crippen LogP) is 1.78. The molecule has 1 unspecified atom stereocenters. The van der Waals surface area contributed by atoms with Gasteiger partial charge in [-0.2, -0.15) is 0 Å². The van der Waals surface area contributed by atoms with Crippen molar-refractivity contribution in [1.82, 2.24) is 9.88 Å². The Morgan fingerprint density at radius 2 is 2.11 bits per heavy atom. The molecule has 1 aromatic rings. The van der Waals surface area contributed by atoms with Gasteiger partial charge in [0.05, 0.1) is 0 Å². The second-order valence-corrected chi connectivity index (χ2v) is 6.00. The van der Waals surface area contributed by atoms with E-state index in [0.717, 1.165) is 50.6 Å². The summed E-state index contributed by atoms with van der Waals surface area (Å²) in [4.78, 5) is 20.7. The zero-order valence-corrected chi connectivity index (χ0v) is 11.4. The van der Waals surface area contributed by atoms with Gasteiger partial charge in [-0.05, 0) is 12.8 Å². The van der Waals surface area contributed by atoms with Crippen LogP contribution in [-0.4, -0.2) is 47.9 Å². The molecule has 5 heteroatoms. The van der Waals surface area contributed by atoms with Crippen LogP contribution >= 0.6 is 11.3 Å². The number of hydrogen-bond donors (Lipinski definition) is 0. The molecular formula is C13H19N3OS. The van der Waals surface area contributed by atoms with Crippen LogP contribution in [0.15, 0.2) is 11.6 Å². The first kappa shape index (κ1) is 12.1. The van der Waals surface area contributed by atoms with Crippen LogP contribution in [-0.2, 0) is 4.79 Å². The highest BCUT2D eigenvalue weighted by Crippen LogP contribution is 2.24. The van der Waals surface area contributed by atoms with Gasteiger partial charge in [0, 0.05) is 56.6 Å². The molecule has 4 nitrogen and oxygen atoms in total. The summed E-state index contributed by atoms with van der Waals surface area (Å²) in [5.74, 6) is 0.452. The van der Waals surface area contributed by atoms with Crippen LogP contribution in [0.4, 0.5) is 5.13 Å². The molecule has 2 heterocycles. The Hall–Kier alpha value is -0.940. The number of carbonyl (C=O) groups is 1. The Bertz CT molecular complexity index is 398. The third kappa shape index (κ3) is 2.57. The van der Waals surface area contributed by atoms with Gasteiger partial charge in [-0.3, -0.25) is 9.69 Å². The second kappa shape index (κ2) is 5.36. The summed E-state index contributed by atoms with van der Waals surface area (Å²) in [5, 5.41) is 3.16. The van der Waals surface area contributed by atoms with E-state index in [1.165, 1.54) is 6.42 Å². The highest BCUT2D eigenvalue weighted by Gasteiger charge is 2.28. The summed E-state index contributed by atoms with van der Waals surface area (Å²) in [6.45, 7) is 4.21. The maximum atomic E-state index is 11.5. The van der Waals surface area contributed by atoms with Crippen LogP contribution in [0.3, 0.4) is 0 Å². The molecule has 1 saturated carbocycles. The number of rotatable bonds is 2. The Morgan fingerprint density at radius 3 is 2.78 bits per heavy atom. The topological polar surface area (TPSA) is 36.4 Å². The van der Waals surface area contributed by atoms with E-state index < -0.39 is 0 Å². The zero-order valence-electron chi connectivity index (χ0n) is 10.5. The first-order valence-corrected chi connectivity index (χ1v) is 7.61. The molecule has 98 valence electrons. The molecule has 0 spiro atoms. The largest absolute Gasteiger partial charge is 0.346 e. The van der Waals surface area contributed by atoms with E-state index in [0.29, 0.717) is 11.8 Å². The molecule has 1 aromatic heterocycles. The van der Waals surface area contributed by atoms with E-state index in [2.05, 4.69) is 14.8 Å². The van der Waals surface area contributed by atoms with Crippen LogP contribution in [0, 0.1) is 0 Å². The fraction of sp³-hybridized carbons (Fsp3) is 0.692. The quantitative estimate of drug-likeness (QED) is 0.816. The SMILES string of the molecule is O=C1CCCC(N2CCN(c3nccs3)CC2)C1. The minimum absolute atomic E-state index is 0.452. The third-order valence-electron chi connectivity index (χ3n) is 3.98. The van der Waals surface area contributed by atoms with Gasteiger partial charge in [-0.25, -0.2) is 4.98 Å². The standard InChI is InChI=1S/C13H19N3OS/c17-12-3-1-2-11(10-12)15-5-7-16(8-6-15)13-14-4-9-18-13/h4,9,11H,1-3,5-8,10H2. The summed E-state index contributed by atoms with van der Waals surface area (Å²) in [6, 6.07) is 0.504. The van der Waals surface area contributed by atoms with Crippen molar-refractivity contribution in [3.05, 3.63) is 11.6 Å². The average Bonchev–Trinajstić information content (AvgIpc) is 2.93. The highest BCUT2D eigenvalue weighted by molar-refractivity contribution is 7.13. The van der Waals surface area contributed by atoms with Gasteiger partial charge in [0.1, 0.15) is 5.78 Å². The van der Waals surface area contributed by atoms with Crippen LogP contribution < -0.4 is 4.90 Å². The number of Topliss-reactive ketones (excluding diaryl/α,β-unsaturated/α-hetero) is 1. The van der Waals surface area contributed by atoms with Gasteiger partial charge >= 0.3 is 0 Å². The number of carbonyl (C=O) groups excluding carboxylic acids is 1. The van der Waals surface area contributed by atoms with Crippen LogP contribution in [0.5, 0.6) is 0 Å². The van der Waals surface area contributed by atoms with Crippen LogP contribution in [0.1, 0.15) is 25.7 Å². The van der Waals surface area contributed by atoms with Crippen LogP contribution in [0.25, 0.3) is 0 Å². The van der Waals surface area contributed by atoms with E-state index in [1.807, 2.05) is 11.6 Å². The normalized spacial score (nSPS) is 26.6. The predicted molar refractivity (Wildman–Crippen MR) is 73.2 cm³/mol. The molecule has 0 amide bonds. The molecule has 1 aliphatic carbocycles. The molecule has 0 radical (unpaired) electrons. The van der Waals surface area contributed by atoms with Gasteiger partial charge in [0.2, 0.25) is 0 Å². The van der Waals surface area contributed by atoms with Gasteiger partial charge < -0.3 is 4.90 Å². The maximum Gasteiger partial charge on any atom is 0.185 e. The van der Waals surface area contributed by atoms with Crippen molar-refractivity contribution in [2.75, 3.05) is 31.1 Å². The lowest BCUT2D eigenvalue weighted by Gasteiger charge is -2.40. The number of anilines is 1. The first-order valence-electron chi connectivity index (χ1n) is 6.73. The minimum Gasteiger partial charge on any atom is -0.346 e. The summed E-state index contributed by atoms with van der Waals surface area (Å²) in [7, 11) is 0. The van der Waals surface area contributed by atoms with E-state index in [9.17, 15) is 4.79 Å². The van der Waals surface area contributed by atoms with E-state index in [-0.39, 0.29) is 0 Å². The van der Waals surface area contributed by atoms with Crippen molar-refractivity contribution >= 4 is 22.3 Å². The number of aromatic nitrogens is 1. The molecule has 1 saturated heterocycles. The Balaban J connectivity index is 1.55. The zero-order chi connectivity index (χ0) is 12.4. The van der Waals surface area contributed by atoms with E-state index in [1.54, 1.807) is 11.3 Å². The molecule has 1 atom stereocenters. The van der Waals surface area contributed by atoms with Gasteiger partial charge in [0.15, 0.2) is 5.13 Å². The average molecular weight is 265 g/mol. The molecule has 0 N–H and O–H groups in total. The summed E-state index contributed by atoms with van der Waals surface area (Å²) in [5.41, 5.74) is 0. The lowest BCUT2D eigenvalue weighted by atomic mass is 9.93. The lowest BCUT2D eigenvalue weighted by molar-refractivity contribution is -0.122. The van der Waals surface area contributed by atoms with Gasteiger partial charge in [-0.1, -0.05) is 0 Å². The first-order chi connectivity index (χ1) is 8.83. The van der Waals surface area contributed by atoms with E-state index in [4.69, 9.17) is 0 Å². The Kier molecular flexibility index (Phi) is 3.61. The van der Waals surface area contributed by atoms with Crippen molar-refractivity contribution in [3.63, 3.8) is 0 Å². The number of thiazole rings is 1. The van der Waals surface area contributed by atoms with E-state index >= 15 is 0 Å². The Morgan fingerprint density at radius 1 is 1.28 bits per heavy atom. The highest BCUT2D eigenvalue weighted by atomic mass is 32.1. The molecule has 1 aliphatic heterocycles. The summed E-state index contributed by atoms with van der Waals surface area (Å²) >= 11 is 1.71. The monoisotopic (exact) mass is 265 g/mol. The summed E-state index contributed by atoms with van der Waals surface area (Å²) < 4.78 is 0. The lowest BCUT2D eigenvalue weighted by Crippen LogP contribution is -2.51. The molecule has 2 aliphatic rings. The maximum absolute atomic E-state index is 11.5. The molecule has 3 rings (SSSR count). The summed E-state index contributed by atoms with van der Waals surface area (Å²) in [6.07, 6.45) is 5.72. The van der Waals surface area contributed by atoms with Crippen molar-refractivity contribution in [3.8, 4) is 0 Å². The minimum atomic E-state index is 0.452. The molecule has 0 aromatic carbocycles. The van der Waals surface area contributed by atoms with Crippen molar-refractivity contribution in [2.45, 2.75) is 31.7 Å². The van der Waals surface area contributed by atoms with Crippen molar-refractivity contribution in [2.24, 2.45) is 0 Å². The molecule has 2 fully saturated rings. The third-order valence-corrected chi connectivity index (χ3v) is 4.81. The number of ketones is 1. The fourth-order valence-electron chi connectivity index (χ4n) is 2.96. The van der Waals surface area contributed by atoms with Crippen molar-refractivity contribution < 1.29 is 4.79 Å². The van der Waals surface area contributed by atoms with Gasteiger partial charge in [0.25, 0.3) is 0 Å². The molecular weight excluding hydrogens is 246 g/mol. The fourth-order valence-corrected chi connectivity index (χ4v) is 3.66. The van der Waals surface area contributed by atoms with Crippen LogP contribution in [0.2, 0.25) is 0 Å². The Labute approximate surface area is 112 Å². The van der Waals surface area contributed by atoms with Crippen molar-refractivity contribution in [1.29, 1.82) is 0 Å². The second-order valence-electron chi connectivity index (χ2n) is 5.13.